The van der Waals surface area contributed by atoms with Crippen molar-refractivity contribution in [3.63, 3.8) is 0 Å². The molecule has 0 radical (unpaired) electrons. The first-order valence-corrected chi connectivity index (χ1v) is 8.41. The molecule has 0 bridgehead atoms. The average Bonchev–Trinajstić information content (AvgIpc) is 2.58. The van der Waals surface area contributed by atoms with Gasteiger partial charge in [0, 0.05) is 16.6 Å². The second kappa shape index (κ2) is 9.40. The van der Waals surface area contributed by atoms with E-state index in [1.54, 1.807) is 24.3 Å². The molecule has 24 heavy (non-hydrogen) atoms. The van der Waals surface area contributed by atoms with Crippen molar-refractivity contribution in [3.8, 4) is 11.5 Å². The van der Waals surface area contributed by atoms with Gasteiger partial charge < -0.3 is 14.8 Å². The van der Waals surface area contributed by atoms with Crippen LogP contribution >= 0.6 is 23.2 Å². The number of hydrogen-bond acceptors (Lipinski definition) is 3. The molecule has 0 saturated carbocycles. The molecule has 128 valence electrons. The monoisotopic (exact) mass is 367 g/mol. The van der Waals surface area contributed by atoms with E-state index in [1.807, 2.05) is 25.1 Å². The predicted octanol–water partition coefficient (Wildman–Crippen LogP) is 4.48. The Hall–Kier alpha value is -1.91. The number of hydrogen-bond donors (Lipinski definition) is 1. The van der Waals surface area contributed by atoms with Crippen molar-refractivity contribution in [1.29, 1.82) is 0 Å². The third-order valence-corrected chi connectivity index (χ3v) is 3.75. The molecule has 0 atom stereocenters. The molecule has 2 aromatic carbocycles. The van der Waals surface area contributed by atoms with Crippen molar-refractivity contribution in [2.24, 2.45) is 0 Å². The number of nitrogens with one attached hydrogen (secondary N) is 1. The van der Waals surface area contributed by atoms with Gasteiger partial charge in [-0.15, -0.1) is 0 Å². The average molecular weight is 368 g/mol. The molecule has 2 aromatic rings. The quantitative estimate of drug-likeness (QED) is 0.748. The molecule has 1 amide bonds. The Labute approximate surface area is 151 Å². The maximum absolute atomic E-state index is 11.9. The van der Waals surface area contributed by atoms with Crippen molar-refractivity contribution in [2.75, 3.05) is 13.2 Å². The molecule has 0 spiro atoms. The van der Waals surface area contributed by atoms with Gasteiger partial charge in [-0.25, -0.2) is 0 Å². The lowest BCUT2D eigenvalue weighted by Gasteiger charge is -2.12. The van der Waals surface area contributed by atoms with E-state index in [0.717, 1.165) is 12.0 Å². The van der Waals surface area contributed by atoms with Gasteiger partial charge in [0.2, 0.25) is 0 Å². The summed E-state index contributed by atoms with van der Waals surface area (Å²) < 4.78 is 11.1. The number of amides is 1. The first-order valence-electron chi connectivity index (χ1n) is 7.65. The van der Waals surface area contributed by atoms with Crippen LogP contribution in [0.5, 0.6) is 11.5 Å². The van der Waals surface area contributed by atoms with E-state index in [0.29, 0.717) is 34.7 Å². The zero-order chi connectivity index (χ0) is 17.4. The lowest BCUT2D eigenvalue weighted by atomic mass is 10.2. The first-order chi connectivity index (χ1) is 11.6. The maximum atomic E-state index is 11.9. The van der Waals surface area contributed by atoms with Crippen molar-refractivity contribution >= 4 is 29.1 Å². The number of para-hydroxylation sites is 2. The van der Waals surface area contributed by atoms with Crippen LogP contribution in [0.2, 0.25) is 10.0 Å². The third-order valence-electron chi connectivity index (χ3n) is 3.16. The zero-order valence-corrected chi connectivity index (χ0v) is 14.9. The van der Waals surface area contributed by atoms with Crippen LogP contribution < -0.4 is 14.8 Å². The number of ether oxygens (including phenoxy) is 2. The normalized spacial score (nSPS) is 10.3. The Morgan fingerprint density at radius 2 is 1.79 bits per heavy atom. The van der Waals surface area contributed by atoms with Crippen molar-refractivity contribution in [1.82, 2.24) is 5.32 Å². The fourth-order valence-corrected chi connectivity index (χ4v) is 2.43. The summed E-state index contributed by atoms with van der Waals surface area (Å²) in [5, 5.41) is 3.83. The lowest BCUT2D eigenvalue weighted by molar-refractivity contribution is -0.123. The van der Waals surface area contributed by atoms with E-state index in [2.05, 4.69) is 5.32 Å². The molecule has 0 saturated heterocycles. The van der Waals surface area contributed by atoms with E-state index < -0.39 is 0 Å². The van der Waals surface area contributed by atoms with Gasteiger partial charge in [0.05, 0.1) is 6.61 Å². The SMILES string of the molecule is CCCOc1ccccc1OCC(=O)NCc1ccc(Cl)cc1Cl. The molecule has 0 fully saturated rings. The topological polar surface area (TPSA) is 47.6 Å². The van der Waals surface area contributed by atoms with Gasteiger partial charge in [0.15, 0.2) is 18.1 Å². The number of rotatable bonds is 8. The van der Waals surface area contributed by atoms with Gasteiger partial charge in [-0.2, -0.15) is 0 Å². The second-order valence-electron chi connectivity index (χ2n) is 5.10. The lowest BCUT2D eigenvalue weighted by Crippen LogP contribution is -2.28. The van der Waals surface area contributed by atoms with Crippen molar-refractivity contribution in [2.45, 2.75) is 19.9 Å². The van der Waals surface area contributed by atoms with Crippen LogP contribution in [0.4, 0.5) is 0 Å². The second-order valence-corrected chi connectivity index (χ2v) is 5.94. The van der Waals surface area contributed by atoms with Crippen LogP contribution in [0.1, 0.15) is 18.9 Å². The van der Waals surface area contributed by atoms with E-state index in [9.17, 15) is 4.79 Å². The molecular weight excluding hydrogens is 349 g/mol. The molecule has 6 heteroatoms. The number of carbonyl (C=O) groups is 1. The molecule has 0 aliphatic rings. The summed E-state index contributed by atoms with van der Waals surface area (Å²) in [5.74, 6) is 0.935. The highest BCUT2D eigenvalue weighted by Gasteiger charge is 2.08. The third kappa shape index (κ3) is 5.62. The smallest absolute Gasteiger partial charge is 0.258 e. The largest absolute Gasteiger partial charge is 0.490 e. The minimum absolute atomic E-state index is 0.0995. The number of halogens is 2. The highest BCUT2D eigenvalue weighted by atomic mass is 35.5. The Balaban J connectivity index is 1.85. The molecule has 0 aromatic heterocycles. The Morgan fingerprint density at radius 3 is 2.46 bits per heavy atom. The molecule has 0 unspecified atom stereocenters. The summed E-state index contributed by atoms with van der Waals surface area (Å²) in [4.78, 5) is 11.9. The van der Waals surface area contributed by atoms with Gasteiger partial charge in [-0.05, 0) is 36.2 Å². The van der Waals surface area contributed by atoms with Crippen LogP contribution in [0.15, 0.2) is 42.5 Å². The van der Waals surface area contributed by atoms with Gasteiger partial charge in [-0.3, -0.25) is 4.79 Å². The molecule has 0 aliphatic heterocycles. The zero-order valence-electron chi connectivity index (χ0n) is 13.4. The Kier molecular flexibility index (Phi) is 7.22. The number of benzene rings is 2. The molecule has 2 rings (SSSR count). The summed E-state index contributed by atoms with van der Waals surface area (Å²) in [6, 6.07) is 12.4. The van der Waals surface area contributed by atoms with Gasteiger partial charge in [-0.1, -0.05) is 48.3 Å². The molecule has 0 aliphatic carbocycles. The molecule has 4 nitrogen and oxygen atoms in total. The highest BCUT2D eigenvalue weighted by molar-refractivity contribution is 6.35. The van der Waals surface area contributed by atoms with Crippen LogP contribution in [0.25, 0.3) is 0 Å². The predicted molar refractivity (Wildman–Crippen MR) is 96.0 cm³/mol. The first kappa shape index (κ1) is 18.4. The van der Waals surface area contributed by atoms with Crippen LogP contribution in [0, 0.1) is 0 Å². The number of carbonyl (C=O) groups excluding carboxylic acids is 1. The van der Waals surface area contributed by atoms with E-state index in [-0.39, 0.29) is 12.5 Å². The van der Waals surface area contributed by atoms with Crippen LogP contribution in [0.3, 0.4) is 0 Å². The molecular formula is C18H19Cl2NO3. The van der Waals surface area contributed by atoms with E-state index >= 15 is 0 Å². The summed E-state index contributed by atoms with van der Waals surface area (Å²) in [7, 11) is 0. The minimum Gasteiger partial charge on any atom is -0.490 e. The fourth-order valence-electron chi connectivity index (χ4n) is 1.95. The standard InChI is InChI=1S/C18H19Cl2NO3/c1-2-9-23-16-5-3-4-6-17(16)24-12-18(22)21-11-13-7-8-14(19)10-15(13)20/h3-8,10H,2,9,11-12H2,1H3,(H,21,22). The fraction of sp³-hybridized carbons (Fsp3) is 0.278. The van der Waals surface area contributed by atoms with Crippen LogP contribution in [-0.4, -0.2) is 19.1 Å². The van der Waals surface area contributed by atoms with Crippen molar-refractivity contribution in [3.05, 3.63) is 58.1 Å². The van der Waals surface area contributed by atoms with Gasteiger partial charge in [0.25, 0.3) is 5.91 Å². The van der Waals surface area contributed by atoms with Gasteiger partial charge >= 0.3 is 0 Å². The highest BCUT2D eigenvalue weighted by Crippen LogP contribution is 2.26. The van der Waals surface area contributed by atoms with Crippen molar-refractivity contribution < 1.29 is 14.3 Å². The summed E-state index contributed by atoms with van der Waals surface area (Å²) in [5.41, 5.74) is 0.793. The molecule has 0 heterocycles. The van der Waals surface area contributed by atoms with Gasteiger partial charge in [0.1, 0.15) is 0 Å². The van der Waals surface area contributed by atoms with Crippen LogP contribution in [-0.2, 0) is 11.3 Å². The molecule has 1 N–H and O–H groups in total. The van der Waals surface area contributed by atoms with E-state index in [4.69, 9.17) is 32.7 Å². The summed E-state index contributed by atoms with van der Waals surface area (Å²) in [6.07, 6.45) is 0.899. The Bertz CT molecular complexity index is 692. The maximum Gasteiger partial charge on any atom is 0.258 e. The summed E-state index contributed by atoms with van der Waals surface area (Å²) >= 11 is 11.9. The Morgan fingerprint density at radius 1 is 1.08 bits per heavy atom. The minimum atomic E-state index is -0.244. The van der Waals surface area contributed by atoms with E-state index in [1.165, 1.54) is 0 Å². The summed E-state index contributed by atoms with van der Waals surface area (Å²) in [6.45, 7) is 2.84.